The predicted octanol–water partition coefficient (Wildman–Crippen LogP) is 1.60. The maximum atomic E-state index is 13.2. The number of rotatable bonds is 7. The molecule has 0 aliphatic carbocycles. The number of benzene rings is 1. The number of unbranched alkanes of at least 4 members (excludes halogenated alkanes) is 1. The summed E-state index contributed by atoms with van der Waals surface area (Å²) in [5.74, 6) is -1.06. The average Bonchev–Trinajstić information content (AvgIpc) is 3.42. The van der Waals surface area contributed by atoms with Gasteiger partial charge in [0.1, 0.15) is 17.8 Å². The number of carbonyl (C=O) groups excluding carboxylic acids is 4. The van der Waals surface area contributed by atoms with Crippen LogP contribution in [0.1, 0.15) is 69.2 Å². The number of para-hydroxylation sites is 1. The van der Waals surface area contributed by atoms with Crippen LogP contribution < -0.4 is 26.0 Å². The van der Waals surface area contributed by atoms with Crippen molar-refractivity contribution in [3.05, 3.63) is 29.8 Å². The number of hydrogen-bond acceptors (Lipinski definition) is 6. The Morgan fingerprint density at radius 2 is 1.84 bits per heavy atom. The molecule has 0 radical (unpaired) electrons. The van der Waals surface area contributed by atoms with E-state index < -0.39 is 18.0 Å². The summed E-state index contributed by atoms with van der Waals surface area (Å²) in [5.41, 5.74) is 0.316. The molecule has 2 heterocycles. The van der Waals surface area contributed by atoms with E-state index in [-0.39, 0.29) is 36.5 Å². The molecule has 1 aromatic carbocycles. The number of likely N-dealkylation sites (tertiary alicyclic amines) is 1. The van der Waals surface area contributed by atoms with E-state index in [2.05, 4.69) is 26.2 Å². The molecule has 0 saturated carbocycles. The molecule has 2 aliphatic rings. The summed E-state index contributed by atoms with van der Waals surface area (Å²) in [7, 11) is 0. The fourth-order valence-electron chi connectivity index (χ4n) is 4.72. The molecule has 1 saturated heterocycles. The lowest BCUT2D eigenvalue weighted by Crippen LogP contribution is -2.51. The van der Waals surface area contributed by atoms with Gasteiger partial charge in [-0.05, 0) is 76.2 Å². The van der Waals surface area contributed by atoms with Gasteiger partial charge in [0.05, 0.1) is 12.2 Å². The number of ether oxygens (including phenoxy) is 1. The highest BCUT2D eigenvalue weighted by molar-refractivity contribution is 5.99. The molecule has 210 valence electrons. The molecule has 0 spiro atoms. The maximum Gasteiger partial charge on any atom is 0.255 e. The number of nitrogens with zero attached hydrogens (tertiary/aromatic N) is 1. The van der Waals surface area contributed by atoms with Crippen LogP contribution in [0.3, 0.4) is 0 Å². The monoisotopic (exact) mass is 529 g/mol. The van der Waals surface area contributed by atoms with Crippen molar-refractivity contribution >= 4 is 23.6 Å². The molecule has 2 aliphatic heterocycles. The van der Waals surface area contributed by atoms with Gasteiger partial charge in [0.25, 0.3) is 5.91 Å². The Morgan fingerprint density at radius 1 is 1.08 bits per heavy atom. The highest BCUT2D eigenvalue weighted by Crippen LogP contribution is 2.19. The summed E-state index contributed by atoms with van der Waals surface area (Å²) >= 11 is 0. The Hall–Kier alpha value is -3.14. The van der Waals surface area contributed by atoms with Crippen molar-refractivity contribution in [2.75, 3.05) is 39.3 Å². The van der Waals surface area contributed by atoms with Gasteiger partial charge in [0, 0.05) is 19.5 Å². The minimum Gasteiger partial charge on any atom is -0.493 e. The van der Waals surface area contributed by atoms with Crippen molar-refractivity contribution in [3.63, 3.8) is 0 Å². The first-order valence-corrected chi connectivity index (χ1v) is 13.9. The molecule has 1 fully saturated rings. The van der Waals surface area contributed by atoms with Crippen LogP contribution in [0.2, 0.25) is 0 Å². The fraction of sp³-hybridized carbons (Fsp3) is 0.643. The Bertz CT molecular complexity index is 947. The van der Waals surface area contributed by atoms with Crippen molar-refractivity contribution < 1.29 is 23.9 Å². The second-order valence-electron chi connectivity index (χ2n) is 10.4. The van der Waals surface area contributed by atoms with Crippen LogP contribution in [0, 0.1) is 5.92 Å². The SMILES string of the molecule is CC(C)[C@H]1NC(=O)CC[C@@H](C(=O)NCCCCN2CCCC2)NC(=O)c2ccccc2OCCCNC1=O. The summed E-state index contributed by atoms with van der Waals surface area (Å²) in [6, 6.07) is 5.26. The quantitative estimate of drug-likeness (QED) is 0.397. The largest absolute Gasteiger partial charge is 0.493 e. The molecule has 2 atom stereocenters. The Labute approximate surface area is 225 Å². The first-order valence-electron chi connectivity index (χ1n) is 13.9. The second-order valence-corrected chi connectivity index (χ2v) is 10.4. The minimum atomic E-state index is -0.904. The van der Waals surface area contributed by atoms with Crippen molar-refractivity contribution in [2.45, 2.75) is 70.9 Å². The van der Waals surface area contributed by atoms with Crippen LogP contribution in [-0.4, -0.2) is 79.9 Å². The van der Waals surface area contributed by atoms with Crippen LogP contribution in [0.5, 0.6) is 5.75 Å². The lowest BCUT2D eigenvalue weighted by atomic mass is 10.0. The third-order valence-corrected chi connectivity index (χ3v) is 6.96. The fourth-order valence-corrected chi connectivity index (χ4v) is 4.72. The zero-order valence-corrected chi connectivity index (χ0v) is 22.7. The van der Waals surface area contributed by atoms with Crippen molar-refractivity contribution in [1.29, 1.82) is 0 Å². The van der Waals surface area contributed by atoms with Gasteiger partial charge in [-0.1, -0.05) is 26.0 Å². The molecule has 10 nitrogen and oxygen atoms in total. The Morgan fingerprint density at radius 3 is 2.61 bits per heavy atom. The highest BCUT2D eigenvalue weighted by atomic mass is 16.5. The van der Waals surface area contributed by atoms with E-state index in [1.54, 1.807) is 24.3 Å². The molecular weight excluding hydrogens is 486 g/mol. The lowest BCUT2D eigenvalue weighted by molar-refractivity contribution is -0.130. The van der Waals surface area contributed by atoms with Crippen molar-refractivity contribution in [2.24, 2.45) is 5.92 Å². The van der Waals surface area contributed by atoms with Crippen molar-refractivity contribution in [3.8, 4) is 5.75 Å². The van der Waals surface area contributed by atoms with Crippen LogP contribution in [0.4, 0.5) is 0 Å². The standard InChI is InChI=1S/C28H43N5O5/c1-20(2)25-28(37)30-15-9-19-38-23-11-4-3-10-21(23)26(35)31-22(12-13-24(34)32-25)27(36)29-14-5-6-16-33-17-7-8-18-33/h3-4,10-11,20,22,25H,5-9,12-19H2,1-2H3,(H,29,36)(H,30,37)(H,31,35)(H,32,34)/t22-,25+/m0/s1. The van der Waals surface area contributed by atoms with Gasteiger partial charge in [0.15, 0.2) is 0 Å². The first-order chi connectivity index (χ1) is 18.3. The van der Waals surface area contributed by atoms with Crippen LogP contribution >= 0.6 is 0 Å². The normalized spacial score (nSPS) is 22.1. The summed E-state index contributed by atoms with van der Waals surface area (Å²) in [6.07, 6.45) is 4.96. The zero-order valence-electron chi connectivity index (χ0n) is 22.7. The molecule has 3 rings (SSSR count). The molecule has 0 unspecified atom stereocenters. The third kappa shape index (κ3) is 9.31. The molecule has 38 heavy (non-hydrogen) atoms. The number of nitrogens with one attached hydrogen (secondary N) is 4. The van der Waals surface area contributed by atoms with Crippen LogP contribution in [0.25, 0.3) is 0 Å². The third-order valence-electron chi connectivity index (χ3n) is 6.96. The van der Waals surface area contributed by atoms with E-state index in [4.69, 9.17) is 4.74 Å². The van der Waals surface area contributed by atoms with Gasteiger partial charge < -0.3 is 30.9 Å². The van der Waals surface area contributed by atoms with Gasteiger partial charge in [-0.15, -0.1) is 0 Å². The van der Waals surface area contributed by atoms with Gasteiger partial charge in [-0.2, -0.15) is 0 Å². The molecule has 4 N–H and O–H groups in total. The summed E-state index contributed by atoms with van der Waals surface area (Å²) in [5, 5.41) is 11.4. The summed E-state index contributed by atoms with van der Waals surface area (Å²) < 4.78 is 5.83. The van der Waals surface area contributed by atoms with Gasteiger partial charge in [-0.3, -0.25) is 19.2 Å². The predicted molar refractivity (Wildman–Crippen MR) is 145 cm³/mol. The maximum absolute atomic E-state index is 13.2. The van der Waals surface area contributed by atoms with Gasteiger partial charge in [-0.25, -0.2) is 0 Å². The molecular formula is C28H43N5O5. The Kier molecular flexibility index (Phi) is 11.9. The minimum absolute atomic E-state index is 0.0119. The lowest BCUT2D eigenvalue weighted by Gasteiger charge is -2.23. The smallest absolute Gasteiger partial charge is 0.255 e. The number of hydrogen-bond donors (Lipinski definition) is 4. The molecule has 4 amide bonds. The highest BCUT2D eigenvalue weighted by Gasteiger charge is 2.27. The topological polar surface area (TPSA) is 129 Å². The first kappa shape index (κ1) is 29.4. The Balaban J connectivity index is 1.67. The molecule has 0 bridgehead atoms. The van der Waals surface area contributed by atoms with E-state index >= 15 is 0 Å². The van der Waals surface area contributed by atoms with Gasteiger partial charge in [0.2, 0.25) is 17.7 Å². The van der Waals surface area contributed by atoms with E-state index in [1.165, 1.54) is 12.8 Å². The van der Waals surface area contributed by atoms with Crippen molar-refractivity contribution in [1.82, 2.24) is 26.2 Å². The molecule has 1 aromatic rings. The number of carbonyl (C=O) groups is 4. The van der Waals surface area contributed by atoms with Gasteiger partial charge >= 0.3 is 0 Å². The van der Waals surface area contributed by atoms with E-state index in [1.807, 2.05) is 13.8 Å². The second kappa shape index (κ2) is 15.3. The summed E-state index contributed by atoms with van der Waals surface area (Å²) in [4.78, 5) is 54.1. The summed E-state index contributed by atoms with van der Waals surface area (Å²) in [6.45, 7) is 8.22. The molecule has 0 aromatic heterocycles. The average molecular weight is 530 g/mol. The van der Waals surface area contributed by atoms with E-state index in [9.17, 15) is 19.2 Å². The van der Waals surface area contributed by atoms with Crippen LogP contribution in [-0.2, 0) is 14.4 Å². The van der Waals surface area contributed by atoms with E-state index in [0.29, 0.717) is 37.4 Å². The van der Waals surface area contributed by atoms with E-state index in [0.717, 1.165) is 32.5 Å². The van der Waals surface area contributed by atoms with Crippen LogP contribution in [0.15, 0.2) is 24.3 Å². The zero-order chi connectivity index (χ0) is 27.3. The molecule has 10 heteroatoms. The number of amides is 4. The number of fused-ring (bicyclic) bond motifs is 1.